The minimum Gasteiger partial charge on any atom is -0.337 e. The summed E-state index contributed by atoms with van der Waals surface area (Å²) in [6, 6.07) is -0.464. The van der Waals surface area contributed by atoms with Gasteiger partial charge in [0.2, 0.25) is 5.91 Å². The van der Waals surface area contributed by atoms with Crippen LogP contribution in [0.4, 0.5) is 4.79 Å². The Kier molecular flexibility index (Phi) is 4.07. The van der Waals surface area contributed by atoms with Crippen molar-refractivity contribution in [2.24, 2.45) is 5.92 Å². The standard InChI is InChI=1S/C15H23N3O3/c1-5-17(8-10(2)3)12(19)9-18-13(20)15(4,11-6-7-11)16-14(18)21/h11H,2,5-9H2,1,3-4H3,(H,16,21). The first kappa shape index (κ1) is 15.5. The summed E-state index contributed by atoms with van der Waals surface area (Å²) in [6.07, 6.45) is 1.89. The molecule has 0 bridgehead atoms. The molecule has 1 heterocycles. The van der Waals surface area contributed by atoms with E-state index in [2.05, 4.69) is 11.9 Å². The van der Waals surface area contributed by atoms with Crippen LogP contribution < -0.4 is 5.32 Å². The van der Waals surface area contributed by atoms with Crippen LogP contribution in [0.5, 0.6) is 0 Å². The molecule has 6 nitrogen and oxygen atoms in total. The molecular weight excluding hydrogens is 270 g/mol. The average molecular weight is 293 g/mol. The van der Waals surface area contributed by atoms with Gasteiger partial charge in [-0.05, 0) is 39.5 Å². The van der Waals surface area contributed by atoms with Crippen molar-refractivity contribution in [3.63, 3.8) is 0 Å². The zero-order valence-electron chi connectivity index (χ0n) is 12.9. The van der Waals surface area contributed by atoms with Gasteiger partial charge in [-0.3, -0.25) is 14.5 Å². The number of carbonyl (C=O) groups is 3. The van der Waals surface area contributed by atoms with Gasteiger partial charge in [0, 0.05) is 13.1 Å². The van der Waals surface area contributed by atoms with Crippen LogP contribution in [0.3, 0.4) is 0 Å². The zero-order chi connectivity index (χ0) is 15.8. The lowest BCUT2D eigenvalue weighted by Crippen LogP contribution is -2.47. The summed E-state index contributed by atoms with van der Waals surface area (Å²) in [5, 5.41) is 2.74. The number of hydrogen-bond donors (Lipinski definition) is 1. The average Bonchev–Trinajstić information content (AvgIpc) is 3.22. The van der Waals surface area contributed by atoms with E-state index in [1.54, 1.807) is 11.8 Å². The van der Waals surface area contributed by atoms with Crippen molar-refractivity contribution in [2.45, 2.75) is 39.2 Å². The molecule has 4 amide bonds. The largest absolute Gasteiger partial charge is 0.337 e. The number of nitrogens with one attached hydrogen (secondary N) is 1. The second kappa shape index (κ2) is 5.50. The van der Waals surface area contributed by atoms with E-state index in [1.165, 1.54) is 0 Å². The van der Waals surface area contributed by atoms with Crippen molar-refractivity contribution in [3.8, 4) is 0 Å². The fourth-order valence-electron chi connectivity index (χ4n) is 2.73. The number of rotatable bonds is 6. The van der Waals surface area contributed by atoms with Gasteiger partial charge < -0.3 is 10.2 Å². The van der Waals surface area contributed by atoms with Crippen LogP contribution in [0.15, 0.2) is 12.2 Å². The lowest BCUT2D eigenvalue weighted by atomic mass is 9.96. The Morgan fingerprint density at radius 3 is 2.57 bits per heavy atom. The first-order valence-corrected chi connectivity index (χ1v) is 7.35. The molecule has 116 valence electrons. The molecule has 1 aliphatic carbocycles. The SMILES string of the molecule is C=C(C)CN(CC)C(=O)CN1C(=O)NC(C)(C2CC2)C1=O. The molecule has 6 heteroatoms. The highest BCUT2D eigenvalue weighted by atomic mass is 16.2. The third kappa shape index (κ3) is 2.94. The second-order valence-corrected chi connectivity index (χ2v) is 6.16. The minimum atomic E-state index is -0.831. The van der Waals surface area contributed by atoms with Crippen LogP contribution in [0.25, 0.3) is 0 Å². The quantitative estimate of drug-likeness (QED) is 0.589. The van der Waals surface area contributed by atoms with Gasteiger partial charge in [0.15, 0.2) is 0 Å². The molecule has 1 unspecified atom stereocenters. The first-order valence-electron chi connectivity index (χ1n) is 7.35. The van der Waals surface area contributed by atoms with Crippen molar-refractivity contribution in [2.75, 3.05) is 19.6 Å². The number of imide groups is 1. The van der Waals surface area contributed by atoms with E-state index in [0.717, 1.165) is 23.3 Å². The summed E-state index contributed by atoms with van der Waals surface area (Å²) in [5.41, 5.74) is 0.0353. The Hall–Kier alpha value is -1.85. The topological polar surface area (TPSA) is 69.7 Å². The molecule has 2 aliphatic rings. The molecule has 0 aromatic rings. The van der Waals surface area contributed by atoms with Crippen LogP contribution in [0.1, 0.15) is 33.6 Å². The fraction of sp³-hybridized carbons (Fsp3) is 0.667. The maximum atomic E-state index is 12.4. The van der Waals surface area contributed by atoms with E-state index in [1.807, 2.05) is 13.8 Å². The van der Waals surface area contributed by atoms with Crippen molar-refractivity contribution in [1.29, 1.82) is 0 Å². The van der Waals surface area contributed by atoms with Crippen LogP contribution in [0.2, 0.25) is 0 Å². The normalized spacial score (nSPS) is 25.0. The highest BCUT2D eigenvalue weighted by Crippen LogP contribution is 2.42. The van der Waals surface area contributed by atoms with E-state index < -0.39 is 11.6 Å². The molecule has 1 saturated heterocycles. The predicted molar refractivity (Wildman–Crippen MR) is 78.4 cm³/mol. The minimum absolute atomic E-state index is 0.200. The van der Waals surface area contributed by atoms with E-state index in [4.69, 9.17) is 0 Å². The summed E-state index contributed by atoms with van der Waals surface area (Å²) in [7, 11) is 0. The summed E-state index contributed by atoms with van der Waals surface area (Å²) in [5.74, 6) is -0.314. The van der Waals surface area contributed by atoms with Gasteiger partial charge in [-0.1, -0.05) is 12.2 Å². The molecule has 2 rings (SSSR count). The van der Waals surface area contributed by atoms with Crippen molar-refractivity contribution in [3.05, 3.63) is 12.2 Å². The molecule has 1 atom stereocenters. The smallest absolute Gasteiger partial charge is 0.325 e. The van der Waals surface area contributed by atoms with Gasteiger partial charge >= 0.3 is 6.03 Å². The lowest BCUT2D eigenvalue weighted by molar-refractivity contribution is -0.138. The van der Waals surface area contributed by atoms with Crippen molar-refractivity contribution < 1.29 is 14.4 Å². The van der Waals surface area contributed by atoms with Gasteiger partial charge in [-0.25, -0.2) is 4.79 Å². The molecule has 0 aromatic heterocycles. The number of hydrogen-bond acceptors (Lipinski definition) is 3. The Bertz CT molecular complexity index is 498. The first-order chi connectivity index (χ1) is 9.79. The van der Waals surface area contributed by atoms with Crippen LogP contribution in [0, 0.1) is 5.92 Å². The maximum absolute atomic E-state index is 12.4. The monoisotopic (exact) mass is 293 g/mol. The third-order valence-electron chi connectivity index (χ3n) is 4.18. The molecule has 1 N–H and O–H groups in total. The number of carbonyl (C=O) groups excluding carboxylic acids is 3. The summed E-state index contributed by atoms with van der Waals surface area (Å²) in [6.45, 7) is 10.0. The number of amides is 4. The highest BCUT2D eigenvalue weighted by molar-refractivity contribution is 6.09. The van der Waals surface area contributed by atoms with Crippen LogP contribution in [-0.4, -0.2) is 52.8 Å². The molecule has 0 aromatic carbocycles. The van der Waals surface area contributed by atoms with Crippen LogP contribution >= 0.6 is 0 Å². The van der Waals surface area contributed by atoms with Gasteiger partial charge in [0.05, 0.1) is 0 Å². The molecule has 0 radical (unpaired) electrons. The predicted octanol–water partition coefficient (Wildman–Crippen LogP) is 1.13. The number of urea groups is 1. The Morgan fingerprint density at radius 1 is 1.48 bits per heavy atom. The molecule has 1 saturated carbocycles. The van der Waals surface area contributed by atoms with E-state index in [0.29, 0.717) is 13.1 Å². The second-order valence-electron chi connectivity index (χ2n) is 6.16. The van der Waals surface area contributed by atoms with E-state index in [-0.39, 0.29) is 24.3 Å². The maximum Gasteiger partial charge on any atom is 0.325 e. The Morgan fingerprint density at radius 2 is 2.10 bits per heavy atom. The Labute approximate surface area is 125 Å². The van der Waals surface area contributed by atoms with Gasteiger partial charge in [-0.15, -0.1) is 0 Å². The third-order valence-corrected chi connectivity index (χ3v) is 4.18. The molecule has 2 fully saturated rings. The molecule has 1 aliphatic heterocycles. The van der Waals surface area contributed by atoms with E-state index in [9.17, 15) is 14.4 Å². The summed E-state index contributed by atoms with van der Waals surface area (Å²) < 4.78 is 0. The Balaban J connectivity index is 2.05. The summed E-state index contributed by atoms with van der Waals surface area (Å²) in [4.78, 5) is 39.3. The zero-order valence-corrected chi connectivity index (χ0v) is 12.9. The number of nitrogens with zero attached hydrogens (tertiary/aromatic N) is 2. The highest BCUT2D eigenvalue weighted by Gasteiger charge is 2.56. The van der Waals surface area contributed by atoms with Crippen molar-refractivity contribution >= 4 is 17.8 Å². The summed E-state index contributed by atoms with van der Waals surface area (Å²) >= 11 is 0. The number of likely N-dealkylation sites (N-methyl/N-ethyl adjacent to an activating group) is 1. The lowest BCUT2D eigenvalue weighted by Gasteiger charge is -2.24. The van der Waals surface area contributed by atoms with E-state index >= 15 is 0 Å². The van der Waals surface area contributed by atoms with Crippen molar-refractivity contribution in [1.82, 2.24) is 15.1 Å². The van der Waals surface area contributed by atoms with Crippen LogP contribution in [-0.2, 0) is 9.59 Å². The molecular formula is C15H23N3O3. The fourth-order valence-corrected chi connectivity index (χ4v) is 2.73. The van der Waals surface area contributed by atoms with Gasteiger partial charge in [-0.2, -0.15) is 0 Å². The van der Waals surface area contributed by atoms with Gasteiger partial charge in [0.25, 0.3) is 5.91 Å². The van der Waals surface area contributed by atoms with Gasteiger partial charge in [0.1, 0.15) is 12.1 Å². The molecule has 0 spiro atoms. The molecule has 21 heavy (non-hydrogen) atoms.